The lowest BCUT2D eigenvalue weighted by atomic mass is 9.85. The maximum Gasteiger partial charge on any atom is 0.0935 e. The second-order valence-electron chi connectivity index (χ2n) is 4.03. The summed E-state index contributed by atoms with van der Waals surface area (Å²) in [5.41, 5.74) is 0. The Balaban J connectivity index is 2.41. The predicted molar refractivity (Wildman–Crippen MR) is 50.9 cm³/mol. The molecule has 0 aromatic rings. The van der Waals surface area contributed by atoms with Crippen LogP contribution in [0.4, 0.5) is 4.39 Å². The van der Waals surface area contributed by atoms with Crippen LogP contribution in [0.15, 0.2) is 0 Å². The summed E-state index contributed by atoms with van der Waals surface area (Å²) < 4.78 is 12.6. The van der Waals surface area contributed by atoms with Crippen LogP contribution >= 0.6 is 0 Å². The molecule has 0 radical (unpaired) electrons. The second kappa shape index (κ2) is 5.96. The van der Waals surface area contributed by atoms with E-state index in [-0.39, 0.29) is 12.6 Å². The molecule has 1 nitrogen and oxygen atoms in total. The molecule has 13 heavy (non-hydrogen) atoms. The standard InChI is InChI=1S/C11H18FN/c12-9-11(7-8-13)10-5-3-1-2-4-6-10/h10-11H,1-7,9H2. The molecule has 0 N–H and O–H groups in total. The van der Waals surface area contributed by atoms with Crippen LogP contribution in [0.5, 0.6) is 0 Å². The maximum absolute atomic E-state index is 12.6. The molecule has 2 heteroatoms. The lowest BCUT2D eigenvalue weighted by Crippen LogP contribution is -2.15. The first kappa shape index (κ1) is 10.5. The zero-order valence-corrected chi connectivity index (χ0v) is 8.14. The molecular weight excluding hydrogens is 165 g/mol. The second-order valence-corrected chi connectivity index (χ2v) is 4.03. The minimum atomic E-state index is -0.307. The molecule has 0 heterocycles. The fourth-order valence-electron chi connectivity index (χ4n) is 2.25. The monoisotopic (exact) mass is 183 g/mol. The number of hydrogen-bond donors (Lipinski definition) is 0. The van der Waals surface area contributed by atoms with Gasteiger partial charge >= 0.3 is 0 Å². The van der Waals surface area contributed by atoms with Crippen molar-refractivity contribution in [2.45, 2.75) is 44.9 Å². The number of alkyl halides is 1. The molecule has 0 amide bonds. The molecule has 1 atom stereocenters. The van der Waals surface area contributed by atoms with Gasteiger partial charge in [0.05, 0.1) is 12.7 Å². The van der Waals surface area contributed by atoms with E-state index >= 15 is 0 Å². The zero-order valence-electron chi connectivity index (χ0n) is 8.14. The van der Waals surface area contributed by atoms with Crippen LogP contribution in [-0.4, -0.2) is 6.67 Å². The molecule has 1 saturated carbocycles. The highest BCUT2D eigenvalue weighted by atomic mass is 19.1. The smallest absolute Gasteiger partial charge is 0.0935 e. The summed E-state index contributed by atoms with van der Waals surface area (Å²) in [5, 5.41) is 8.55. The van der Waals surface area contributed by atoms with E-state index in [1.54, 1.807) is 0 Å². The molecule has 0 aromatic heterocycles. The number of hydrogen-bond acceptors (Lipinski definition) is 1. The molecule has 1 aliphatic carbocycles. The van der Waals surface area contributed by atoms with Crippen molar-refractivity contribution in [1.82, 2.24) is 0 Å². The van der Waals surface area contributed by atoms with Crippen molar-refractivity contribution < 1.29 is 4.39 Å². The highest BCUT2D eigenvalue weighted by Gasteiger charge is 2.22. The largest absolute Gasteiger partial charge is 0.251 e. The van der Waals surface area contributed by atoms with Crippen LogP contribution in [0, 0.1) is 23.2 Å². The molecule has 74 valence electrons. The lowest BCUT2D eigenvalue weighted by Gasteiger charge is -2.20. The fourth-order valence-corrected chi connectivity index (χ4v) is 2.25. The Labute approximate surface area is 79.9 Å². The maximum atomic E-state index is 12.6. The third-order valence-electron chi connectivity index (χ3n) is 3.12. The van der Waals surface area contributed by atoms with Gasteiger partial charge in [0.2, 0.25) is 0 Å². The lowest BCUT2D eigenvalue weighted by molar-refractivity contribution is 0.241. The van der Waals surface area contributed by atoms with Crippen LogP contribution in [0.2, 0.25) is 0 Å². The van der Waals surface area contributed by atoms with Crippen molar-refractivity contribution in [2.24, 2.45) is 11.8 Å². The van der Waals surface area contributed by atoms with Crippen LogP contribution < -0.4 is 0 Å². The van der Waals surface area contributed by atoms with Crippen molar-refractivity contribution in [2.75, 3.05) is 6.67 Å². The molecular formula is C11H18FN. The average molecular weight is 183 g/mol. The van der Waals surface area contributed by atoms with Crippen LogP contribution in [0.1, 0.15) is 44.9 Å². The van der Waals surface area contributed by atoms with E-state index in [1.165, 1.54) is 25.7 Å². The summed E-state index contributed by atoms with van der Waals surface area (Å²) in [5.74, 6) is 0.496. The molecule has 0 aromatic carbocycles. The van der Waals surface area contributed by atoms with Gasteiger partial charge in [0.1, 0.15) is 0 Å². The fraction of sp³-hybridized carbons (Fsp3) is 0.909. The van der Waals surface area contributed by atoms with Crippen molar-refractivity contribution in [3.8, 4) is 6.07 Å². The Bertz CT molecular complexity index is 165. The normalized spacial score (nSPS) is 21.8. The summed E-state index contributed by atoms with van der Waals surface area (Å²) in [6.07, 6.45) is 7.72. The van der Waals surface area contributed by atoms with Crippen LogP contribution in [0.25, 0.3) is 0 Å². The van der Waals surface area contributed by atoms with Gasteiger partial charge in [-0.15, -0.1) is 0 Å². The van der Waals surface area contributed by atoms with Gasteiger partial charge in [0.25, 0.3) is 0 Å². The van der Waals surface area contributed by atoms with E-state index in [0.717, 1.165) is 12.8 Å². The van der Waals surface area contributed by atoms with Crippen molar-refractivity contribution in [1.29, 1.82) is 5.26 Å². The van der Waals surface area contributed by atoms with Gasteiger partial charge in [-0.1, -0.05) is 38.5 Å². The number of nitrogens with zero attached hydrogens (tertiary/aromatic N) is 1. The predicted octanol–water partition coefficient (Wildman–Crippen LogP) is 3.46. The molecule has 1 fully saturated rings. The Morgan fingerprint density at radius 1 is 1.23 bits per heavy atom. The van der Waals surface area contributed by atoms with Gasteiger partial charge in [0, 0.05) is 12.3 Å². The zero-order chi connectivity index (χ0) is 9.52. The average Bonchev–Trinajstić information content (AvgIpc) is 2.42. The molecule has 1 rings (SSSR count). The van der Waals surface area contributed by atoms with Gasteiger partial charge in [-0.05, 0) is 5.92 Å². The number of rotatable bonds is 3. The third-order valence-corrected chi connectivity index (χ3v) is 3.12. The summed E-state index contributed by atoms with van der Waals surface area (Å²) >= 11 is 0. The Morgan fingerprint density at radius 3 is 2.31 bits per heavy atom. The topological polar surface area (TPSA) is 23.8 Å². The Kier molecular flexibility index (Phi) is 4.82. The summed E-state index contributed by atoms with van der Waals surface area (Å²) in [6, 6.07) is 2.10. The quantitative estimate of drug-likeness (QED) is 0.615. The van der Waals surface area contributed by atoms with E-state index in [1.807, 2.05) is 0 Å². The van der Waals surface area contributed by atoms with Gasteiger partial charge in [-0.25, -0.2) is 0 Å². The molecule has 0 bridgehead atoms. The van der Waals surface area contributed by atoms with E-state index in [2.05, 4.69) is 6.07 Å². The molecule has 0 spiro atoms. The van der Waals surface area contributed by atoms with E-state index in [9.17, 15) is 4.39 Å². The first-order valence-corrected chi connectivity index (χ1v) is 5.31. The van der Waals surface area contributed by atoms with E-state index in [4.69, 9.17) is 5.26 Å². The summed E-state index contributed by atoms with van der Waals surface area (Å²) in [7, 11) is 0. The van der Waals surface area contributed by atoms with Crippen molar-refractivity contribution >= 4 is 0 Å². The van der Waals surface area contributed by atoms with Gasteiger partial charge in [-0.2, -0.15) is 5.26 Å². The minimum Gasteiger partial charge on any atom is -0.251 e. The molecule has 1 unspecified atom stereocenters. The summed E-state index contributed by atoms with van der Waals surface area (Å²) in [4.78, 5) is 0. The highest BCUT2D eigenvalue weighted by Crippen LogP contribution is 2.30. The first-order valence-electron chi connectivity index (χ1n) is 5.31. The van der Waals surface area contributed by atoms with Gasteiger partial charge < -0.3 is 0 Å². The van der Waals surface area contributed by atoms with Gasteiger partial charge in [-0.3, -0.25) is 4.39 Å². The highest BCUT2D eigenvalue weighted by molar-refractivity contribution is 4.81. The number of nitriles is 1. The minimum absolute atomic E-state index is 0.0168. The van der Waals surface area contributed by atoms with E-state index in [0.29, 0.717) is 12.3 Å². The SMILES string of the molecule is N#CCC(CF)C1CCCCCC1. The Hall–Kier alpha value is -0.580. The third kappa shape index (κ3) is 3.34. The van der Waals surface area contributed by atoms with Gasteiger partial charge in [0.15, 0.2) is 0 Å². The van der Waals surface area contributed by atoms with Crippen molar-refractivity contribution in [3.05, 3.63) is 0 Å². The number of halogens is 1. The van der Waals surface area contributed by atoms with Crippen molar-refractivity contribution in [3.63, 3.8) is 0 Å². The van der Waals surface area contributed by atoms with Crippen LogP contribution in [0.3, 0.4) is 0 Å². The Morgan fingerprint density at radius 2 is 1.85 bits per heavy atom. The molecule has 0 aliphatic heterocycles. The molecule has 1 aliphatic rings. The molecule has 0 saturated heterocycles. The first-order chi connectivity index (χ1) is 6.38. The summed E-state index contributed by atoms with van der Waals surface area (Å²) in [6.45, 7) is -0.307. The van der Waals surface area contributed by atoms with Crippen LogP contribution in [-0.2, 0) is 0 Å². The van der Waals surface area contributed by atoms with E-state index < -0.39 is 0 Å².